The summed E-state index contributed by atoms with van der Waals surface area (Å²) in [6, 6.07) is 15.4. The number of aromatic amines is 2. The second kappa shape index (κ2) is 8.20. The second-order valence-electron chi connectivity index (χ2n) is 6.98. The Bertz CT molecular complexity index is 1130. The molecule has 2 heterocycles. The van der Waals surface area contributed by atoms with Crippen molar-refractivity contribution >= 4 is 22.5 Å². The molecule has 3 N–H and O–H groups in total. The monoisotopic (exact) mass is 389 g/mol. The molecule has 0 spiro atoms. The van der Waals surface area contributed by atoms with E-state index in [-0.39, 0.29) is 11.7 Å². The Morgan fingerprint density at radius 2 is 1.86 bits per heavy atom. The second-order valence-corrected chi connectivity index (χ2v) is 6.98. The minimum Gasteiger partial charge on any atom is -0.490 e. The fourth-order valence-electron chi connectivity index (χ4n) is 3.07. The lowest BCUT2D eigenvalue weighted by Crippen LogP contribution is -2.20. The number of fused-ring (bicyclic) bond motifs is 1. The van der Waals surface area contributed by atoms with Crippen LogP contribution < -0.4 is 10.1 Å². The number of rotatable bonds is 7. The maximum atomic E-state index is 12.7. The van der Waals surface area contributed by atoms with E-state index in [2.05, 4.69) is 20.3 Å². The zero-order valence-corrected chi connectivity index (χ0v) is 16.4. The van der Waals surface area contributed by atoms with Crippen LogP contribution in [0, 0.1) is 0 Å². The van der Waals surface area contributed by atoms with Crippen LogP contribution in [-0.4, -0.2) is 53.0 Å². The van der Waals surface area contributed by atoms with Gasteiger partial charge in [0.05, 0.1) is 11.4 Å². The van der Waals surface area contributed by atoms with Gasteiger partial charge in [0.25, 0.3) is 5.91 Å². The van der Waals surface area contributed by atoms with Gasteiger partial charge in [0.2, 0.25) is 0 Å². The molecule has 0 saturated carbocycles. The number of para-hydroxylation sites is 3. The minimum atomic E-state index is -0.320. The summed E-state index contributed by atoms with van der Waals surface area (Å²) in [6.45, 7) is 1.32. The Hall–Kier alpha value is -3.58. The third kappa shape index (κ3) is 4.14. The zero-order chi connectivity index (χ0) is 20.2. The van der Waals surface area contributed by atoms with Crippen molar-refractivity contribution in [2.75, 3.05) is 32.6 Å². The standard InChI is InChI=1S/C22H23N5O2/c1-27(2)11-12-29-20-10-6-5-9-18(20)26-22(28)21-24-14-19(25-21)16-13-23-17-8-4-3-7-15(16)17/h3-10,13-14,23H,11-12H2,1-2H3,(H,24,25)(H,26,28). The van der Waals surface area contributed by atoms with Crippen LogP contribution in [0.2, 0.25) is 0 Å². The van der Waals surface area contributed by atoms with E-state index >= 15 is 0 Å². The first-order valence-electron chi connectivity index (χ1n) is 9.41. The number of carbonyl (C=O) groups excluding carboxylic acids is 1. The zero-order valence-electron chi connectivity index (χ0n) is 16.4. The van der Waals surface area contributed by atoms with E-state index in [9.17, 15) is 4.79 Å². The van der Waals surface area contributed by atoms with Gasteiger partial charge in [-0.3, -0.25) is 4.79 Å². The van der Waals surface area contributed by atoms with Crippen molar-refractivity contribution in [2.24, 2.45) is 0 Å². The number of hydrogen-bond donors (Lipinski definition) is 3. The first kappa shape index (κ1) is 18.8. The van der Waals surface area contributed by atoms with E-state index in [1.807, 2.05) is 73.7 Å². The maximum Gasteiger partial charge on any atom is 0.291 e. The molecule has 0 atom stereocenters. The van der Waals surface area contributed by atoms with Crippen molar-refractivity contribution in [3.05, 3.63) is 66.7 Å². The normalized spacial score (nSPS) is 11.1. The number of ether oxygens (including phenoxy) is 1. The van der Waals surface area contributed by atoms with Gasteiger partial charge in [0.15, 0.2) is 5.82 Å². The van der Waals surface area contributed by atoms with Crippen LogP contribution in [0.4, 0.5) is 5.69 Å². The van der Waals surface area contributed by atoms with E-state index in [0.717, 1.165) is 23.0 Å². The molecule has 0 unspecified atom stereocenters. The molecule has 29 heavy (non-hydrogen) atoms. The van der Waals surface area contributed by atoms with Gasteiger partial charge in [0, 0.05) is 35.4 Å². The number of carbonyl (C=O) groups is 1. The van der Waals surface area contributed by atoms with Crippen molar-refractivity contribution in [1.82, 2.24) is 19.9 Å². The highest BCUT2D eigenvalue weighted by Crippen LogP contribution is 2.28. The van der Waals surface area contributed by atoms with E-state index in [0.29, 0.717) is 23.7 Å². The number of anilines is 1. The number of amides is 1. The summed E-state index contributed by atoms with van der Waals surface area (Å²) >= 11 is 0. The van der Waals surface area contributed by atoms with Crippen molar-refractivity contribution < 1.29 is 9.53 Å². The Labute approximate surface area is 168 Å². The molecular weight excluding hydrogens is 366 g/mol. The fourth-order valence-corrected chi connectivity index (χ4v) is 3.07. The summed E-state index contributed by atoms with van der Waals surface area (Å²) in [4.78, 5) is 25.4. The van der Waals surface area contributed by atoms with Crippen molar-refractivity contribution in [3.8, 4) is 17.0 Å². The van der Waals surface area contributed by atoms with Crippen molar-refractivity contribution in [1.29, 1.82) is 0 Å². The van der Waals surface area contributed by atoms with Crippen LogP contribution in [0.5, 0.6) is 5.75 Å². The predicted molar refractivity (Wildman–Crippen MR) is 114 cm³/mol. The van der Waals surface area contributed by atoms with Gasteiger partial charge in [-0.05, 0) is 32.3 Å². The number of benzene rings is 2. The summed E-state index contributed by atoms with van der Waals surface area (Å²) in [5, 5.41) is 3.94. The highest BCUT2D eigenvalue weighted by atomic mass is 16.5. The van der Waals surface area contributed by atoms with Crippen molar-refractivity contribution in [3.63, 3.8) is 0 Å². The first-order valence-corrected chi connectivity index (χ1v) is 9.41. The molecule has 0 fully saturated rings. The Balaban J connectivity index is 1.50. The molecule has 7 heteroatoms. The van der Waals surface area contributed by atoms with Crippen LogP contribution in [0.25, 0.3) is 22.2 Å². The lowest BCUT2D eigenvalue weighted by molar-refractivity contribution is 0.101. The van der Waals surface area contributed by atoms with Gasteiger partial charge < -0.3 is 24.9 Å². The van der Waals surface area contributed by atoms with Crippen molar-refractivity contribution in [2.45, 2.75) is 0 Å². The molecular formula is C22H23N5O2. The smallest absolute Gasteiger partial charge is 0.291 e. The van der Waals surface area contributed by atoms with Crippen LogP contribution in [-0.2, 0) is 0 Å². The van der Waals surface area contributed by atoms with Gasteiger partial charge in [0.1, 0.15) is 12.4 Å². The molecule has 0 radical (unpaired) electrons. The summed E-state index contributed by atoms with van der Waals surface area (Å²) in [7, 11) is 3.97. The highest BCUT2D eigenvalue weighted by Gasteiger charge is 2.15. The Morgan fingerprint density at radius 3 is 2.72 bits per heavy atom. The van der Waals surface area contributed by atoms with Gasteiger partial charge in [-0.2, -0.15) is 0 Å². The lowest BCUT2D eigenvalue weighted by Gasteiger charge is -2.14. The number of nitrogens with zero attached hydrogens (tertiary/aromatic N) is 2. The van der Waals surface area contributed by atoms with Crippen LogP contribution in [0.15, 0.2) is 60.9 Å². The fraction of sp³-hybridized carbons (Fsp3) is 0.182. The van der Waals surface area contributed by atoms with Crippen LogP contribution in [0.3, 0.4) is 0 Å². The number of likely N-dealkylation sites (N-methyl/N-ethyl adjacent to an activating group) is 1. The molecule has 0 aliphatic carbocycles. The van der Waals surface area contributed by atoms with Gasteiger partial charge in [-0.1, -0.05) is 30.3 Å². The van der Waals surface area contributed by atoms with Crippen LogP contribution in [0.1, 0.15) is 10.6 Å². The minimum absolute atomic E-state index is 0.244. The third-order valence-corrected chi connectivity index (χ3v) is 4.59. The van der Waals surface area contributed by atoms with Gasteiger partial charge in [-0.15, -0.1) is 0 Å². The molecule has 4 aromatic rings. The molecule has 7 nitrogen and oxygen atoms in total. The molecule has 1 amide bonds. The maximum absolute atomic E-state index is 12.7. The Kier molecular flexibility index (Phi) is 5.31. The summed E-state index contributed by atoms with van der Waals surface area (Å²) in [6.07, 6.45) is 3.64. The molecule has 2 aromatic heterocycles. The SMILES string of the molecule is CN(C)CCOc1ccccc1NC(=O)c1nc(-c2c[nH]c3ccccc23)c[nH]1. The Morgan fingerprint density at radius 1 is 1.07 bits per heavy atom. The topological polar surface area (TPSA) is 86.0 Å². The quantitative estimate of drug-likeness (QED) is 0.449. The number of hydrogen-bond acceptors (Lipinski definition) is 4. The molecule has 0 aliphatic rings. The largest absolute Gasteiger partial charge is 0.490 e. The summed E-state index contributed by atoms with van der Waals surface area (Å²) in [5.41, 5.74) is 3.30. The molecule has 4 rings (SSSR count). The summed E-state index contributed by atoms with van der Waals surface area (Å²) in [5.74, 6) is 0.555. The number of H-pyrrole nitrogens is 2. The molecule has 0 bridgehead atoms. The average molecular weight is 389 g/mol. The average Bonchev–Trinajstić information content (AvgIpc) is 3.36. The van der Waals surface area contributed by atoms with E-state index < -0.39 is 0 Å². The number of nitrogens with one attached hydrogen (secondary N) is 3. The molecule has 148 valence electrons. The molecule has 0 aliphatic heterocycles. The van der Waals surface area contributed by atoms with E-state index in [1.165, 1.54) is 0 Å². The number of imidazole rings is 1. The first-order chi connectivity index (χ1) is 14.1. The van der Waals surface area contributed by atoms with Gasteiger partial charge >= 0.3 is 0 Å². The summed E-state index contributed by atoms with van der Waals surface area (Å²) < 4.78 is 5.81. The number of aromatic nitrogens is 3. The van der Waals surface area contributed by atoms with Crippen LogP contribution >= 0.6 is 0 Å². The van der Waals surface area contributed by atoms with Gasteiger partial charge in [-0.25, -0.2) is 4.98 Å². The predicted octanol–water partition coefficient (Wildman–Crippen LogP) is 3.75. The molecule has 2 aromatic carbocycles. The van der Waals surface area contributed by atoms with E-state index in [1.54, 1.807) is 6.20 Å². The molecule has 0 saturated heterocycles. The van der Waals surface area contributed by atoms with E-state index in [4.69, 9.17) is 4.74 Å². The third-order valence-electron chi connectivity index (χ3n) is 4.59. The highest BCUT2D eigenvalue weighted by molar-refractivity contribution is 6.03. The lowest BCUT2D eigenvalue weighted by atomic mass is 10.1.